The average molecular weight is 304 g/mol. The van der Waals surface area contributed by atoms with Crippen molar-refractivity contribution in [3.8, 4) is 17.0 Å². The van der Waals surface area contributed by atoms with Gasteiger partial charge in [0, 0.05) is 18.0 Å². The number of carbonyl (C=O) groups excluding carboxylic acids is 1. The van der Waals surface area contributed by atoms with E-state index in [0.29, 0.717) is 6.42 Å². The normalized spacial score (nSPS) is 10.4. The Balaban J connectivity index is 2.00. The SMILES string of the molecule is CCCCOc1ccc(-c2csc(CC(=O)NC)n2)cc1. The number of rotatable bonds is 7. The summed E-state index contributed by atoms with van der Waals surface area (Å²) in [4.78, 5) is 15.8. The smallest absolute Gasteiger partial charge is 0.226 e. The maximum Gasteiger partial charge on any atom is 0.226 e. The fraction of sp³-hybridized carbons (Fsp3) is 0.375. The number of amides is 1. The molecule has 2 aromatic rings. The van der Waals surface area contributed by atoms with Gasteiger partial charge in [-0.2, -0.15) is 0 Å². The molecule has 0 spiro atoms. The Kier molecular flexibility index (Phi) is 5.75. The van der Waals surface area contributed by atoms with Gasteiger partial charge in [0.2, 0.25) is 5.91 Å². The standard InChI is InChI=1S/C16H20N2O2S/c1-3-4-9-20-13-7-5-12(6-8-13)14-11-21-16(18-14)10-15(19)17-2/h5-8,11H,3-4,9-10H2,1-2H3,(H,17,19). The molecule has 0 aliphatic carbocycles. The predicted molar refractivity (Wildman–Crippen MR) is 85.7 cm³/mol. The van der Waals surface area contributed by atoms with Crippen LogP contribution in [0.2, 0.25) is 0 Å². The maximum atomic E-state index is 11.3. The molecule has 0 fully saturated rings. The van der Waals surface area contributed by atoms with Crippen molar-refractivity contribution in [1.29, 1.82) is 0 Å². The summed E-state index contributed by atoms with van der Waals surface area (Å²) in [5, 5.41) is 5.41. The number of likely N-dealkylation sites (N-methyl/N-ethyl adjacent to an activating group) is 1. The number of hydrogen-bond donors (Lipinski definition) is 1. The van der Waals surface area contributed by atoms with Crippen LogP contribution in [0.15, 0.2) is 29.6 Å². The van der Waals surface area contributed by atoms with Crippen LogP contribution >= 0.6 is 11.3 Å². The predicted octanol–water partition coefficient (Wildman–Crippen LogP) is 3.28. The van der Waals surface area contributed by atoms with E-state index in [-0.39, 0.29) is 5.91 Å². The van der Waals surface area contributed by atoms with E-state index < -0.39 is 0 Å². The van der Waals surface area contributed by atoms with Gasteiger partial charge < -0.3 is 10.1 Å². The van der Waals surface area contributed by atoms with Crippen molar-refractivity contribution in [3.05, 3.63) is 34.7 Å². The van der Waals surface area contributed by atoms with Crippen LogP contribution < -0.4 is 10.1 Å². The van der Waals surface area contributed by atoms with Crippen molar-refractivity contribution in [3.63, 3.8) is 0 Å². The monoisotopic (exact) mass is 304 g/mol. The Morgan fingerprint density at radius 3 is 2.76 bits per heavy atom. The molecule has 0 aliphatic heterocycles. The maximum absolute atomic E-state index is 11.3. The lowest BCUT2D eigenvalue weighted by molar-refractivity contribution is -0.119. The minimum atomic E-state index is -0.0180. The Hall–Kier alpha value is -1.88. The molecule has 21 heavy (non-hydrogen) atoms. The van der Waals surface area contributed by atoms with E-state index in [2.05, 4.69) is 17.2 Å². The summed E-state index contributed by atoms with van der Waals surface area (Å²) < 4.78 is 5.64. The lowest BCUT2D eigenvalue weighted by Gasteiger charge is -2.05. The summed E-state index contributed by atoms with van der Waals surface area (Å²) in [6.07, 6.45) is 2.53. The minimum absolute atomic E-state index is 0.0180. The van der Waals surface area contributed by atoms with E-state index in [1.165, 1.54) is 11.3 Å². The van der Waals surface area contributed by atoms with Gasteiger partial charge in [-0.15, -0.1) is 11.3 Å². The lowest BCUT2D eigenvalue weighted by Crippen LogP contribution is -2.19. The van der Waals surface area contributed by atoms with Gasteiger partial charge in [-0.25, -0.2) is 4.98 Å². The summed E-state index contributed by atoms with van der Waals surface area (Å²) >= 11 is 1.51. The molecule has 1 amide bonds. The fourth-order valence-corrected chi connectivity index (χ4v) is 2.61. The quantitative estimate of drug-likeness (QED) is 0.799. The average Bonchev–Trinajstić information content (AvgIpc) is 2.96. The molecule has 0 aliphatic rings. The van der Waals surface area contributed by atoms with Gasteiger partial charge in [0.25, 0.3) is 0 Å². The fourth-order valence-electron chi connectivity index (χ4n) is 1.81. The highest BCUT2D eigenvalue weighted by Gasteiger charge is 2.08. The van der Waals surface area contributed by atoms with Crippen LogP contribution in [0.3, 0.4) is 0 Å². The van der Waals surface area contributed by atoms with Crippen molar-refractivity contribution < 1.29 is 9.53 Å². The van der Waals surface area contributed by atoms with E-state index in [9.17, 15) is 4.79 Å². The highest BCUT2D eigenvalue weighted by Crippen LogP contribution is 2.24. The third-order valence-electron chi connectivity index (χ3n) is 3.06. The van der Waals surface area contributed by atoms with E-state index in [4.69, 9.17) is 4.74 Å². The molecule has 1 aromatic heterocycles. The molecule has 5 heteroatoms. The molecule has 2 rings (SSSR count). The first-order valence-corrected chi connectivity index (χ1v) is 7.99. The number of carbonyl (C=O) groups is 1. The first-order valence-electron chi connectivity index (χ1n) is 7.11. The van der Waals surface area contributed by atoms with Gasteiger partial charge in [-0.3, -0.25) is 4.79 Å². The first kappa shape index (κ1) is 15.5. The van der Waals surface area contributed by atoms with E-state index in [0.717, 1.165) is 41.5 Å². The minimum Gasteiger partial charge on any atom is -0.494 e. The second-order valence-corrected chi connectivity index (χ2v) is 5.65. The zero-order valence-corrected chi connectivity index (χ0v) is 13.2. The first-order chi connectivity index (χ1) is 10.2. The Bertz CT molecular complexity index is 578. The number of ether oxygens (including phenoxy) is 1. The third-order valence-corrected chi connectivity index (χ3v) is 3.91. The van der Waals surface area contributed by atoms with Crippen LogP contribution in [0.25, 0.3) is 11.3 Å². The second-order valence-electron chi connectivity index (χ2n) is 4.70. The molecule has 0 atom stereocenters. The topological polar surface area (TPSA) is 51.2 Å². The van der Waals surface area contributed by atoms with Crippen molar-refractivity contribution in [2.45, 2.75) is 26.2 Å². The number of thiazole rings is 1. The van der Waals surface area contributed by atoms with Crippen molar-refractivity contribution in [1.82, 2.24) is 10.3 Å². The molecule has 1 N–H and O–H groups in total. The molecule has 0 unspecified atom stereocenters. The number of aromatic nitrogens is 1. The molecular weight excluding hydrogens is 284 g/mol. The number of nitrogens with zero attached hydrogens (tertiary/aromatic N) is 1. The van der Waals surface area contributed by atoms with Crippen LogP contribution in [0.1, 0.15) is 24.8 Å². The summed E-state index contributed by atoms with van der Waals surface area (Å²) in [5.74, 6) is 0.864. The van der Waals surface area contributed by atoms with Gasteiger partial charge in [0.15, 0.2) is 0 Å². The largest absolute Gasteiger partial charge is 0.494 e. The highest BCUT2D eigenvalue weighted by molar-refractivity contribution is 7.10. The second kappa shape index (κ2) is 7.78. The van der Waals surface area contributed by atoms with E-state index in [1.54, 1.807) is 7.05 Å². The number of hydrogen-bond acceptors (Lipinski definition) is 4. The number of nitrogens with one attached hydrogen (secondary N) is 1. The van der Waals surface area contributed by atoms with E-state index in [1.807, 2.05) is 29.6 Å². The molecule has 0 saturated heterocycles. The summed E-state index contributed by atoms with van der Waals surface area (Å²) in [7, 11) is 1.63. The Morgan fingerprint density at radius 2 is 2.10 bits per heavy atom. The van der Waals surface area contributed by atoms with E-state index >= 15 is 0 Å². The molecule has 0 radical (unpaired) electrons. The molecule has 4 nitrogen and oxygen atoms in total. The van der Waals surface area contributed by atoms with Crippen molar-refractivity contribution >= 4 is 17.2 Å². The van der Waals surface area contributed by atoms with Gasteiger partial charge in [-0.05, 0) is 30.7 Å². The number of unbranched alkanes of at least 4 members (excludes halogenated alkanes) is 1. The summed E-state index contributed by atoms with van der Waals surface area (Å²) in [6.45, 7) is 2.90. The van der Waals surface area contributed by atoms with Crippen molar-refractivity contribution in [2.75, 3.05) is 13.7 Å². The molecule has 1 aromatic carbocycles. The van der Waals surface area contributed by atoms with Crippen molar-refractivity contribution in [2.24, 2.45) is 0 Å². The van der Waals surface area contributed by atoms with Gasteiger partial charge in [0.1, 0.15) is 10.8 Å². The summed E-state index contributed by atoms with van der Waals surface area (Å²) in [6, 6.07) is 7.92. The zero-order chi connectivity index (χ0) is 15.1. The van der Waals surface area contributed by atoms with Crippen LogP contribution in [0.4, 0.5) is 0 Å². The molecule has 0 bridgehead atoms. The number of benzene rings is 1. The molecule has 112 valence electrons. The molecule has 0 saturated carbocycles. The highest BCUT2D eigenvalue weighted by atomic mass is 32.1. The van der Waals surface area contributed by atoms with Crippen LogP contribution in [-0.2, 0) is 11.2 Å². The van der Waals surface area contributed by atoms with Gasteiger partial charge in [0.05, 0.1) is 18.7 Å². The van der Waals surface area contributed by atoms with Gasteiger partial charge in [-0.1, -0.05) is 13.3 Å². The van der Waals surface area contributed by atoms with Crippen LogP contribution in [0, 0.1) is 0 Å². The Morgan fingerprint density at radius 1 is 1.33 bits per heavy atom. The summed E-state index contributed by atoms with van der Waals surface area (Å²) in [5.41, 5.74) is 1.94. The van der Waals surface area contributed by atoms with Crippen LogP contribution in [-0.4, -0.2) is 24.5 Å². The third kappa shape index (κ3) is 4.56. The van der Waals surface area contributed by atoms with Crippen LogP contribution in [0.5, 0.6) is 5.75 Å². The Labute approximate surface area is 129 Å². The lowest BCUT2D eigenvalue weighted by atomic mass is 10.2. The molecule has 1 heterocycles. The molecular formula is C16H20N2O2S. The zero-order valence-electron chi connectivity index (χ0n) is 12.4. The van der Waals surface area contributed by atoms with Gasteiger partial charge >= 0.3 is 0 Å².